The molecule has 0 amide bonds. The number of aryl methyl sites for hydroxylation is 1. The summed E-state index contributed by atoms with van der Waals surface area (Å²) in [5.74, 6) is 1.51. The lowest BCUT2D eigenvalue weighted by Crippen LogP contribution is -2.31. The van der Waals surface area contributed by atoms with Crippen LogP contribution in [0.25, 0.3) is 0 Å². The first-order valence-electron chi connectivity index (χ1n) is 7.05. The highest BCUT2D eigenvalue weighted by molar-refractivity contribution is 5.41. The molecule has 1 aromatic carbocycles. The van der Waals surface area contributed by atoms with Gasteiger partial charge < -0.3 is 9.84 Å². The smallest absolute Gasteiger partial charge is 0.160 e. The summed E-state index contributed by atoms with van der Waals surface area (Å²) in [6.07, 6.45) is 2.91. The Morgan fingerprint density at radius 3 is 3.00 bits per heavy atom. The highest BCUT2D eigenvalue weighted by Gasteiger charge is 2.18. The molecule has 5 nitrogen and oxygen atoms in total. The minimum atomic E-state index is 0.186. The molecule has 21 heavy (non-hydrogen) atoms. The van der Waals surface area contributed by atoms with Crippen LogP contribution in [0, 0.1) is 6.92 Å². The molecule has 0 atom stereocenters. The van der Waals surface area contributed by atoms with E-state index in [2.05, 4.69) is 14.9 Å². The first-order chi connectivity index (χ1) is 10.2. The second-order valence-corrected chi connectivity index (χ2v) is 5.36. The number of nitrogens with zero attached hydrogens (tertiary/aromatic N) is 3. The first-order valence-corrected chi connectivity index (χ1v) is 7.05. The molecule has 0 aliphatic carbocycles. The molecule has 0 saturated carbocycles. The third-order valence-electron chi connectivity index (χ3n) is 3.79. The highest BCUT2D eigenvalue weighted by Crippen LogP contribution is 2.27. The normalized spacial score (nSPS) is 14.8. The lowest BCUT2D eigenvalue weighted by molar-refractivity contribution is 0.240. The molecule has 0 unspecified atom stereocenters. The maximum absolute atomic E-state index is 9.85. The zero-order chi connectivity index (χ0) is 14.8. The summed E-state index contributed by atoms with van der Waals surface area (Å²) in [6.45, 7) is 4.51. The lowest BCUT2D eigenvalue weighted by Gasteiger charge is -2.28. The van der Waals surface area contributed by atoms with Crippen LogP contribution in [0.5, 0.6) is 11.5 Å². The minimum absolute atomic E-state index is 0.186. The zero-order valence-corrected chi connectivity index (χ0v) is 12.3. The van der Waals surface area contributed by atoms with Crippen molar-refractivity contribution in [2.24, 2.45) is 0 Å². The molecule has 1 N–H and O–H groups in total. The number of phenols is 1. The minimum Gasteiger partial charge on any atom is -0.504 e. The SMILES string of the molecule is COc1ccc(CN2CCc3cnc(C)nc3C2)cc1O. The van der Waals surface area contributed by atoms with E-state index >= 15 is 0 Å². The van der Waals surface area contributed by atoms with E-state index in [1.807, 2.05) is 19.2 Å². The molecular formula is C16H19N3O2. The molecule has 2 aromatic rings. The van der Waals surface area contributed by atoms with Gasteiger partial charge in [0.25, 0.3) is 0 Å². The van der Waals surface area contributed by atoms with Gasteiger partial charge in [0.15, 0.2) is 11.5 Å². The molecule has 5 heteroatoms. The van der Waals surface area contributed by atoms with E-state index in [1.54, 1.807) is 19.2 Å². The van der Waals surface area contributed by atoms with Crippen LogP contribution >= 0.6 is 0 Å². The van der Waals surface area contributed by atoms with Crippen molar-refractivity contribution >= 4 is 0 Å². The Kier molecular flexibility index (Phi) is 3.75. The molecule has 1 aromatic heterocycles. The number of hydrogen-bond donors (Lipinski definition) is 1. The van der Waals surface area contributed by atoms with Crippen molar-refractivity contribution in [1.29, 1.82) is 0 Å². The Bertz CT molecular complexity index is 658. The number of aromatic hydroxyl groups is 1. The van der Waals surface area contributed by atoms with Crippen LogP contribution in [0.15, 0.2) is 24.4 Å². The fraction of sp³-hybridized carbons (Fsp3) is 0.375. The molecule has 0 spiro atoms. The third-order valence-corrected chi connectivity index (χ3v) is 3.79. The molecule has 3 rings (SSSR count). The average molecular weight is 285 g/mol. The zero-order valence-electron chi connectivity index (χ0n) is 12.3. The molecule has 0 bridgehead atoms. The Balaban J connectivity index is 1.73. The molecule has 0 radical (unpaired) electrons. The van der Waals surface area contributed by atoms with Crippen molar-refractivity contribution in [2.45, 2.75) is 26.4 Å². The molecular weight excluding hydrogens is 266 g/mol. The van der Waals surface area contributed by atoms with Gasteiger partial charge in [-0.2, -0.15) is 0 Å². The van der Waals surface area contributed by atoms with Crippen molar-refractivity contribution in [3.05, 3.63) is 47.0 Å². The van der Waals surface area contributed by atoms with Gasteiger partial charge in [-0.25, -0.2) is 9.97 Å². The Morgan fingerprint density at radius 1 is 1.38 bits per heavy atom. The van der Waals surface area contributed by atoms with Gasteiger partial charge in [-0.15, -0.1) is 0 Å². The van der Waals surface area contributed by atoms with Crippen LogP contribution in [0.3, 0.4) is 0 Å². The molecule has 0 saturated heterocycles. The van der Waals surface area contributed by atoms with Crippen molar-refractivity contribution in [3.8, 4) is 11.5 Å². The summed E-state index contributed by atoms with van der Waals surface area (Å²) in [6, 6.07) is 5.55. The van der Waals surface area contributed by atoms with Gasteiger partial charge in [-0.05, 0) is 36.6 Å². The number of ether oxygens (including phenoxy) is 1. The topological polar surface area (TPSA) is 58.5 Å². The number of aromatic nitrogens is 2. The van der Waals surface area contributed by atoms with E-state index in [0.717, 1.165) is 43.1 Å². The number of methoxy groups -OCH3 is 1. The predicted molar refractivity (Wildman–Crippen MR) is 79.2 cm³/mol. The van der Waals surface area contributed by atoms with Gasteiger partial charge in [-0.3, -0.25) is 4.90 Å². The molecule has 0 fully saturated rings. The van der Waals surface area contributed by atoms with Crippen molar-refractivity contribution in [1.82, 2.24) is 14.9 Å². The second kappa shape index (κ2) is 5.69. The standard InChI is InChI=1S/C16H19N3O2/c1-11-17-8-13-5-6-19(10-14(13)18-11)9-12-3-4-16(21-2)15(20)7-12/h3-4,7-8,20H,5-6,9-10H2,1-2H3. The van der Waals surface area contributed by atoms with Crippen LogP contribution in [-0.2, 0) is 19.5 Å². The maximum atomic E-state index is 9.85. The summed E-state index contributed by atoms with van der Waals surface area (Å²) in [5.41, 5.74) is 3.43. The van der Waals surface area contributed by atoms with Gasteiger partial charge in [0.05, 0.1) is 12.8 Å². The first kappa shape index (κ1) is 13.8. The summed E-state index contributed by atoms with van der Waals surface area (Å²) in [7, 11) is 1.55. The number of fused-ring (bicyclic) bond motifs is 1. The van der Waals surface area contributed by atoms with Crippen LogP contribution in [0.4, 0.5) is 0 Å². The highest BCUT2D eigenvalue weighted by atomic mass is 16.5. The molecule has 1 aliphatic heterocycles. The van der Waals surface area contributed by atoms with Crippen LogP contribution in [0.2, 0.25) is 0 Å². The van der Waals surface area contributed by atoms with Crippen molar-refractivity contribution in [2.75, 3.05) is 13.7 Å². The predicted octanol–water partition coefficient (Wildman–Crippen LogP) is 2.06. The van der Waals surface area contributed by atoms with E-state index in [0.29, 0.717) is 5.75 Å². The van der Waals surface area contributed by atoms with Gasteiger partial charge in [0.2, 0.25) is 0 Å². The summed E-state index contributed by atoms with van der Waals surface area (Å²) in [5, 5.41) is 9.85. The van der Waals surface area contributed by atoms with E-state index in [-0.39, 0.29) is 5.75 Å². The number of phenolic OH excluding ortho intramolecular Hbond substituents is 1. The van der Waals surface area contributed by atoms with E-state index in [9.17, 15) is 5.11 Å². The van der Waals surface area contributed by atoms with Crippen LogP contribution in [-0.4, -0.2) is 33.6 Å². The van der Waals surface area contributed by atoms with Crippen molar-refractivity contribution < 1.29 is 9.84 Å². The van der Waals surface area contributed by atoms with Crippen LogP contribution in [0.1, 0.15) is 22.6 Å². The number of hydrogen-bond acceptors (Lipinski definition) is 5. The number of benzene rings is 1. The summed E-state index contributed by atoms with van der Waals surface area (Å²) >= 11 is 0. The molecule has 110 valence electrons. The largest absolute Gasteiger partial charge is 0.504 e. The van der Waals surface area contributed by atoms with E-state index < -0.39 is 0 Å². The fourth-order valence-electron chi connectivity index (χ4n) is 2.68. The third kappa shape index (κ3) is 2.97. The van der Waals surface area contributed by atoms with Crippen LogP contribution < -0.4 is 4.74 Å². The number of rotatable bonds is 3. The Hall–Kier alpha value is -2.14. The second-order valence-electron chi connectivity index (χ2n) is 5.36. The average Bonchev–Trinajstić information content (AvgIpc) is 2.47. The summed E-state index contributed by atoms with van der Waals surface area (Å²) in [4.78, 5) is 11.1. The lowest BCUT2D eigenvalue weighted by atomic mass is 10.1. The van der Waals surface area contributed by atoms with Gasteiger partial charge in [0, 0.05) is 25.8 Å². The van der Waals surface area contributed by atoms with Gasteiger partial charge in [-0.1, -0.05) is 6.07 Å². The fourth-order valence-corrected chi connectivity index (χ4v) is 2.68. The van der Waals surface area contributed by atoms with Crippen molar-refractivity contribution in [3.63, 3.8) is 0 Å². The van der Waals surface area contributed by atoms with Gasteiger partial charge >= 0.3 is 0 Å². The maximum Gasteiger partial charge on any atom is 0.160 e. The molecule has 2 heterocycles. The quantitative estimate of drug-likeness (QED) is 0.935. The molecule has 1 aliphatic rings. The van der Waals surface area contributed by atoms with E-state index in [4.69, 9.17) is 4.74 Å². The van der Waals surface area contributed by atoms with Gasteiger partial charge in [0.1, 0.15) is 5.82 Å². The Labute approximate surface area is 124 Å². The van der Waals surface area contributed by atoms with E-state index in [1.165, 1.54) is 5.56 Å². The Morgan fingerprint density at radius 2 is 2.24 bits per heavy atom. The monoisotopic (exact) mass is 285 g/mol. The summed E-state index contributed by atoms with van der Waals surface area (Å²) < 4.78 is 5.07.